The highest BCUT2D eigenvalue weighted by molar-refractivity contribution is 7.85. The molecule has 0 aromatic heterocycles. The maximum atomic E-state index is 13.2. The molecule has 3 nitrogen and oxygen atoms in total. The van der Waals surface area contributed by atoms with Gasteiger partial charge in [0.15, 0.2) is 0 Å². The fourth-order valence-corrected chi connectivity index (χ4v) is 2.68. The molecular weight excluding hydrogens is 231 g/mol. The summed E-state index contributed by atoms with van der Waals surface area (Å²) in [6, 6.07) is 5.96. The summed E-state index contributed by atoms with van der Waals surface area (Å²) in [6.07, 6.45) is 0.274. The summed E-state index contributed by atoms with van der Waals surface area (Å²) in [5, 5.41) is 7.87. The van der Waals surface area contributed by atoms with Crippen molar-refractivity contribution in [3.05, 3.63) is 35.6 Å². The van der Waals surface area contributed by atoms with Gasteiger partial charge in [-0.1, -0.05) is 25.1 Å². The van der Waals surface area contributed by atoms with E-state index >= 15 is 0 Å². The van der Waals surface area contributed by atoms with Crippen molar-refractivity contribution in [2.45, 2.75) is 24.3 Å². The lowest BCUT2D eigenvalue weighted by Crippen LogP contribution is -2.25. The van der Waals surface area contributed by atoms with Gasteiger partial charge in [0.25, 0.3) is 0 Å². The van der Waals surface area contributed by atoms with Crippen molar-refractivity contribution >= 4 is 16.8 Å². The summed E-state index contributed by atoms with van der Waals surface area (Å²) in [6.45, 7) is 1.65. The largest absolute Gasteiger partial charge is 0.480 e. The number of rotatable bonds is 5. The quantitative estimate of drug-likeness (QED) is 0.861. The molecule has 0 aliphatic rings. The van der Waals surface area contributed by atoms with E-state index in [1.165, 1.54) is 18.2 Å². The molecule has 0 heterocycles. The Labute approximate surface area is 95.8 Å². The highest BCUT2D eigenvalue weighted by atomic mass is 32.2. The minimum Gasteiger partial charge on any atom is -0.480 e. The molecule has 0 aliphatic carbocycles. The topological polar surface area (TPSA) is 54.4 Å². The van der Waals surface area contributed by atoms with Crippen molar-refractivity contribution in [3.63, 3.8) is 0 Å². The Morgan fingerprint density at radius 2 is 2.12 bits per heavy atom. The molecule has 1 aromatic rings. The normalized spacial score (nSPS) is 14.4. The molecule has 0 saturated carbocycles. The lowest BCUT2D eigenvalue weighted by molar-refractivity contribution is -0.136. The van der Waals surface area contributed by atoms with E-state index in [4.69, 9.17) is 5.11 Å². The maximum absolute atomic E-state index is 13.2. The molecule has 0 spiro atoms. The minimum atomic E-state index is -1.59. The molecule has 2 unspecified atom stereocenters. The van der Waals surface area contributed by atoms with Crippen LogP contribution < -0.4 is 0 Å². The van der Waals surface area contributed by atoms with Crippen molar-refractivity contribution in [3.8, 4) is 0 Å². The van der Waals surface area contributed by atoms with Gasteiger partial charge in [-0.2, -0.15) is 0 Å². The highest BCUT2D eigenvalue weighted by Crippen LogP contribution is 2.13. The van der Waals surface area contributed by atoms with Gasteiger partial charge in [0.05, 0.1) is 5.75 Å². The van der Waals surface area contributed by atoms with Crippen LogP contribution in [-0.4, -0.2) is 20.5 Å². The van der Waals surface area contributed by atoms with Crippen LogP contribution in [0.5, 0.6) is 0 Å². The van der Waals surface area contributed by atoms with Gasteiger partial charge >= 0.3 is 5.97 Å². The number of halogens is 1. The van der Waals surface area contributed by atoms with E-state index in [1.807, 2.05) is 0 Å². The summed E-state index contributed by atoms with van der Waals surface area (Å²) < 4.78 is 24.9. The first-order chi connectivity index (χ1) is 7.56. The van der Waals surface area contributed by atoms with Gasteiger partial charge < -0.3 is 5.11 Å². The summed E-state index contributed by atoms with van der Waals surface area (Å²) >= 11 is 0. The molecule has 1 rings (SSSR count). The van der Waals surface area contributed by atoms with E-state index in [-0.39, 0.29) is 12.2 Å². The zero-order chi connectivity index (χ0) is 12.1. The maximum Gasteiger partial charge on any atom is 0.319 e. The second-order valence-electron chi connectivity index (χ2n) is 3.35. The third kappa shape index (κ3) is 3.13. The van der Waals surface area contributed by atoms with E-state index in [1.54, 1.807) is 13.0 Å². The van der Waals surface area contributed by atoms with Crippen LogP contribution in [0, 0.1) is 5.82 Å². The van der Waals surface area contributed by atoms with Crippen LogP contribution >= 0.6 is 0 Å². The number of carboxylic acid groups (broad SMARTS) is 1. The van der Waals surface area contributed by atoms with Gasteiger partial charge in [0, 0.05) is 16.4 Å². The van der Waals surface area contributed by atoms with Crippen LogP contribution in [0.1, 0.15) is 18.9 Å². The van der Waals surface area contributed by atoms with Crippen LogP contribution in [0.4, 0.5) is 4.39 Å². The Morgan fingerprint density at radius 1 is 1.50 bits per heavy atom. The Hall–Kier alpha value is -1.23. The zero-order valence-corrected chi connectivity index (χ0v) is 9.67. The zero-order valence-electron chi connectivity index (χ0n) is 8.85. The standard InChI is InChI=1S/C11H13FO3S/c1-2-10(11(13)14)16(15)7-8-5-3-4-6-9(8)12/h3-6,10H,2,7H2,1H3,(H,13,14). The molecule has 1 aromatic carbocycles. The lowest BCUT2D eigenvalue weighted by atomic mass is 10.2. The summed E-state index contributed by atoms with van der Waals surface area (Å²) in [4.78, 5) is 10.8. The third-order valence-corrected chi connectivity index (χ3v) is 3.98. The van der Waals surface area contributed by atoms with Gasteiger partial charge in [0.1, 0.15) is 11.1 Å². The van der Waals surface area contributed by atoms with Gasteiger partial charge in [-0.3, -0.25) is 9.00 Å². The molecule has 0 fully saturated rings. The number of carbonyl (C=O) groups is 1. The van der Waals surface area contributed by atoms with Crippen molar-refractivity contribution in [1.82, 2.24) is 0 Å². The number of carboxylic acids is 1. The Bertz CT molecular complexity index is 406. The Kier molecular flexibility index (Phi) is 4.61. The molecule has 5 heteroatoms. The van der Waals surface area contributed by atoms with Crippen LogP contribution in [0.2, 0.25) is 0 Å². The van der Waals surface area contributed by atoms with E-state index in [0.717, 1.165) is 0 Å². The van der Waals surface area contributed by atoms with Crippen molar-refractivity contribution in [2.75, 3.05) is 0 Å². The van der Waals surface area contributed by atoms with E-state index in [2.05, 4.69) is 0 Å². The fourth-order valence-electron chi connectivity index (χ4n) is 1.34. The van der Waals surface area contributed by atoms with Crippen LogP contribution in [0.3, 0.4) is 0 Å². The number of aliphatic carboxylic acids is 1. The molecule has 88 valence electrons. The molecule has 16 heavy (non-hydrogen) atoms. The van der Waals surface area contributed by atoms with E-state index in [9.17, 15) is 13.4 Å². The highest BCUT2D eigenvalue weighted by Gasteiger charge is 2.23. The molecule has 0 bridgehead atoms. The molecular formula is C11H13FO3S. The second-order valence-corrected chi connectivity index (χ2v) is 4.97. The average molecular weight is 244 g/mol. The SMILES string of the molecule is CCC(C(=O)O)S(=O)Cc1ccccc1F. The predicted molar refractivity (Wildman–Crippen MR) is 60.0 cm³/mol. The van der Waals surface area contributed by atoms with Gasteiger partial charge in [0.2, 0.25) is 0 Å². The Balaban J connectivity index is 2.78. The predicted octanol–water partition coefficient (Wildman–Crippen LogP) is 1.94. The van der Waals surface area contributed by atoms with Gasteiger partial charge in [-0.15, -0.1) is 0 Å². The average Bonchev–Trinajstić information content (AvgIpc) is 2.22. The summed E-state index contributed by atoms with van der Waals surface area (Å²) in [5.74, 6) is -1.61. The number of hydrogen-bond acceptors (Lipinski definition) is 2. The second kappa shape index (κ2) is 5.75. The van der Waals surface area contributed by atoms with E-state index < -0.39 is 27.8 Å². The van der Waals surface area contributed by atoms with E-state index in [0.29, 0.717) is 5.56 Å². The molecule has 1 N–H and O–H groups in total. The number of hydrogen-bond donors (Lipinski definition) is 1. The summed E-state index contributed by atoms with van der Waals surface area (Å²) in [5.41, 5.74) is 0.292. The Morgan fingerprint density at radius 3 is 2.62 bits per heavy atom. The first-order valence-corrected chi connectivity index (χ1v) is 6.27. The van der Waals surface area contributed by atoms with Gasteiger partial charge in [-0.05, 0) is 12.5 Å². The van der Waals surface area contributed by atoms with Crippen LogP contribution in [0.15, 0.2) is 24.3 Å². The molecule has 2 atom stereocenters. The number of benzene rings is 1. The molecule has 0 aliphatic heterocycles. The lowest BCUT2D eigenvalue weighted by Gasteiger charge is -2.09. The summed E-state index contributed by atoms with van der Waals surface area (Å²) in [7, 11) is -1.59. The first kappa shape index (κ1) is 12.8. The van der Waals surface area contributed by atoms with Gasteiger partial charge in [-0.25, -0.2) is 4.39 Å². The molecule has 0 radical (unpaired) electrons. The monoisotopic (exact) mass is 244 g/mol. The fraction of sp³-hybridized carbons (Fsp3) is 0.364. The first-order valence-electron chi connectivity index (χ1n) is 4.89. The van der Waals surface area contributed by atoms with Crippen molar-refractivity contribution in [1.29, 1.82) is 0 Å². The van der Waals surface area contributed by atoms with Crippen molar-refractivity contribution in [2.24, 2.45) is 0 Å². The van der Waals surface area contributed by atoms with Crippen LogP contribution in [-0.2, 0) is 21.3 Å². The minimum absolute atomic E-state index is 0.0581. The smallest absolute Gasteiger partial charge is 0.319 e. The molecule has 0 saturated heterocycles. The molecule has 0 amide bonds. The van der Waals surface area contributed by atoms with Crippen LogP contribution in [0.25, 0.3) is 0 Å². The third-order valence-electron chi connectivity index (χ3n) is 2.22. The van der Waals surface area contributed by atoms with Crippen molar-refractivity contribution < 1.29 is 18.5 Å².